The number of esters is 3. The van der Waals surface area contributed by atoms with Gasteiger partial charge in [-0.3, -0.25) is 0 Å². The van der Waals surface area contributed by atoms with E-state index in [0.29, 0.717) is 42.9 Å². The van der Waals surface area contributed by atoms with Gasteiger partial charge in [0.15, 0.2) is 0 Å². The van der Waals surface area contributed by atoms with Gasteiger partial charge in [-0.15, -0.1) is 0 Å². The molecule has 0 radical (unpaired) electrons. The number of carbonyl (C=O) groups is 3. The van der Waals surface area contributed by atoms with E-state index in [0.717, 1.165) is 11.6 Å². The summed E-state index contributed by atoms with van der Waals surface area (Å²) in [6.07, 6.45) is 5.27. The van der Waals surface area contributed by atoms with E-state index < -0.39 is 17.9 Å². The van der Waals surface area contributed by atoms with Crippen LogP contribution in [0.1, 0.15) is 59.9 Å². The standard InChI is InChI=1S/C31H34O7/c1-7-28(32)36-21-9-8-20-35-27-18-14-25(15-19-27)30(34)38-23(3)11-10-22(2)37-29(33)24-12-16-26(17-13-24)31(4,5)6/h7,10-19H,1-3,8-9,20-21H2,4-6H3/b11-10-. The van der Waals surface area contributed by atoms with Gasteiger partial charge < -0.3 is 18.9 Å². The first-order valence-corrected chi connectivity index (χ1v) is 12.1. The summed E-state index contributed by atoms with van der Waals surface area (Å²) in [4.78, 5) is 35.7. The third-order valence-corrected chi connectivity index (χ3v) is 5.20. The fourth-order valence-corrected chi connectivity index (χ4v) is 3.03. The maximum atomic E-state index is 12.4. The molecule has 2 aromatic rings. The molecule has 0 N–H and O–H groups in total. The van der Waals surface area contributed by atoms with Crippen molar-refractivity contribution in [2.75, 3.05) is 13.2 Å². The highest BCUT2D eigenvalue weighted by Crippen LogP contribution is 2.22. The summed E-state index contributed by atoms with van der Waals surface area (Å²) in [6.45, 7) is 17.7. The molecule has 0 aliphatic carbocycles. The van der Waals surface area contributed by atoms with Crippen LogP contribution in [0.4, 0.5) is 0 Å². The van der Waals surface area contributed by atoms with Crippen molar-refractivity contribution in [1.29, 1.82) is 0 Å². The number of allylic oxidation sites excluding steroid dienone is 2. The zero-order valence-electron chi connectivity index (χ0n) is 22.2. The molecule has 0 aromatic heterocycles. The molecule has 7 nitrogen and oxygen atoms in total. The minimum atomic E-state index is -0.600. The summed E-state index contributed by atoms with van der Waals surface area (Å²) >= 11 is 0. The van der Waals surface area contributed by atoms with E-state index in [1.54, 1.807) is 36.4 Å². The van der Waals surface area contributed by atoms with Crippen LogP contribution in [0.15, 0.2) is 98.0 Å². The van der Waals surface area contributed by atoms with E-state index in [1.807, 2.05) is 12.1 Å². The molecule has 0 atom stereocenters. The molecule has 0 heterocycles. The van der Waals surface area contributed by atoms with Crippen LogP contribution in [0.5, 0.6) is 5.75 Å². The molecule has 0 saturated heterocycles. The maximum absolute atomic E-state index is 12.4. The monoisotopic (exact) mass is 518 g/mol. The van der Waals surface area contributed by atoms with Crippen molar-refractivity contribution in [1.82, 2.24) is 0 Å². The summed E-state index contributed by atoms with van der Waals surface area (Å²) in [7, 11) is 0. The topological polar surface area (TPSA) is 88.1 Å². The largest absolute Gasteiger partial charge is 0.494 e. The smallest absolute Gasteiger partial charge is 0.343 e. The van der Waals surface area contributed by atoms with Gasteiger partial charge in [-0.05, 0) is 72.4 Å². The van der Waals surface area contributed by atoms with Crippen LogP contribution in [0.25, 0.3) is 0 Å². The molecule has 7 heteroatoms. The van der Waals surface area contributed by atoms with Gasteiger partial charge in [-0.25, -0.2) is 14.4 Å². The molecule has 200 valence electrons. The second-order valence-corrected chi connectivity index (χ2v) is 9.32. The summed E-state index contributed by atoms with van der Waals surface area (Å²) < 4.78 is 21.0. The lowest BCUT2D eigenvalue weighted by atomic mass is 9.87. The lowest BCUT2D eigenvalue weighted by molar-refractivity contribution is -0.137. The first kappa shape index (κ1) is 29.8. The van der Waals surface area contributed by atoms with Crippen molar-refractivity contribution in [2.24, 2.45) is 0 Å². The summed E-state index contributed by atoms with van der Waals surface area (Å²) in [5, 5.41) is 0. The molecular weight excluding hydrogens is 484 g/mol. The molecule has 0 unspecified atom stereocenters. The molecular formula is C31H34O7. The predicted octanol–water partition coefficient (Wildman–Crippen LogP) is 6.47. The third-order valence-electron chi connectivity index (χ3n) is 5.20. The van der Waals surface area contributed by atoms with Gasteiger partial charge in [0.1, 0.15) is 17.3 Å². The Morgan fingerprint density at radius 3 is 1.71 bits per heavy atom. The Hall–Kier alpha value is -4.39. The van der Waals surface area contributed by atoms with Gasteiger partial charge >= 0.3 is 17.9 Å². The number of hydrogen-bond donors (Lipinski definition) is 0. The summed E-state index contributed by atoms with van der Waals surface area (Å²) in [6, 6.07) is 13.7. The lowest BCUT2D eigenvalue weighted by Gasteiger charge is -2.18. The zero-order chi connectivity index (χ0) is 28.1. The number of hydrogen-bond acceptors (Lipinski definition) is 7. The van der Waals surface area contributed by atoms with Crippen LogP contribution in [0.2, 0.25) is 0 Å². The number of benzene rings is 2. The van der Waals surface area contributed by atoms with E-state index in [9.17, 15) is 14.4 Å². The first-order valence-electron chi connectivity index (χ1n) is 12.1. The Balaban J connectivity index is 1.75. The van der Waals surface area contributed by atoms with Gasteiger partial charge in [0, 0.05) is 6.08 Å². The highest BCUT2D eigenvalue weighted by molar-refractivity contribution is 5.91. The molecule has 0 bridgehead atoms. The van der Waals surface area contributed by atoms with Gasteiger partial charge in [-0.1, -0.05) is 52.6 Å². The van der Waals surface area contributed by atoms with Crippen LogP contribution in [0.3, 0.4) is 0 Å². The van der Waals surface area contributed by atoms with E-state index >= 15 is 0 Å². The van der Waals surface area contributed by atoms with E-state index in [1.165, 1.54) is 12.2 Å². The minimum Gasteiger partial charge on any atom is -0.494 e. The van der Waals surface area contributed by atoms with Gasteiger partial charge in [0.2, 0.25) is 0 Å². The Labute approximate surface area is 224 Å². The Morgan fingerprint density at radius 1 is 0.763 bits per heavy atom. The third kappa shape index (κ3) is 10.3. The second kappa shape index (κ2) is 14.4. The van der Waals surface area contributed by atoms with E-state index in [4.69, 9.17) is 18.9 Å². The SMILES string of the molecule is C=CC(=O)OCCCCOc1ccc(C(=O)OC(=C)/C=C\C(=C)OC(=O)c2ccc(C(C)(C)C)cc2)cc1. The summed E-state index contributed by atoms with van der Waals surface area (Å²) in [5.74, 6) is -0.864. The number of rotatable bonds is 13. The van der Waals surface area contributed by atoms with Crippen LogP contribution < -0.4 is 4.74 Å². The highest BCUT2D eigenvalue weighted by atomic mass is 16.5. The van der Waals surface area contributed by atoms with Crippen molar-refractivity contribution in [3.05, 3.63) is 115 Å². The Kier molecular flexibility index (Phi) is 11.3. The van der Waals surface area contributed by atoms with Crippen molar-refractivity contribution >= 4 is 17.9 Å². The normalized spacial score (nSPS) is 10.9. The van der Waals surface area contributed by atoms with Crippen molar-refractivity contribution in [3.8, 4) is 5.75 Å². The van der Waals surface area contributed by atoms with Gasteiger partial charge in [0.05, 0.1) is 24.3 Å². The molecule has 0 aliphatic heterocycles. The lowest BCUT2D eigenvalue weighted by Crippen LogP contribution is -2.11. The molecule has 0 fully saturated rings. The molecule has 0 spiro atoms. The first-order chi connectivity index (χ1) is 18.0. The minimum absolute atomic E-state index is 0.0199. The quantitative estimate of drug-likeness (QED) is 0.0750. The van der Waals surface area contributed by atoms with Crippen LogP contribution in [-0.4, -0.2) is 31.1 Å². The average Bonchev–Trinajstić information content (AvgIpc) is 2.89. The Morgan fingerprint density at radius 2 is 1.24 bits per heavy atom. The molecule has 2 aromatic carbocycles. The van der Waals surface area contributed by atoms with Gasteiger partial charge in [0.25, 0.3) is 0 Å². The number of unbranched alkanes of at least 4 members (excludes halogenated alkanes) is 1. The fourth-order valence-electron chi connectivity index (χ4n) is 3.03. The van der Waals surface area contributed by atoms with Crippen molar-refractivity contribution in [2.45, 2.75) is 39.0 Å². The van der Waals surface area contributed by atoms with E-state index in [2.05, 4.69) is 40.5 Å². The number of carbonyl (C=O) groups excluding carboxylic acids is 3. The molecule has 0 saturated carbocycles. The second-order valence-electron chi connectivity index (χ2n) is 9.32. The molecule has 38 heavy (non-hydrogen) atoms. The fraction of sp³-hybridized carbons (Fsp3) is 0.258. The Bertz CT molecular complexity index is 1180. The average molecular weight is 519 g/mol. The highest BCUT2D eigenvalue weighted by Gasteiger charge is 2.15. The maximum Gasteiger partial charge on any atom is 0.343 e. The molecule has 2 rings (SSSR count). The van der Waals surface area contributed by atoms with E-state index in [-0.39, 0.29) is 16.9 Å². The number of ether oxygens (including phenoxy) is 4. The van der Waals surface area contributed by atoms with Crippen molar-refractivity contribution < 1.29 is 33.3 Å². The van der Waals surface area contributed by atoms with Crippen LogP contribution >= 0.6 is 0 Å². The van der Waals surface area contributed by atoms with Gasteiger partial charge in [-0.2, -0.15) is 0 Å². The van der Waals surface area contributed by atoms with Crippen LogP contribution in [0, 0.1) is 0 Å². The molecule has 0 aliphatic rings. The van der Waals surface area contributed by atoms with Crippen molar-refractivity contribution in [3.63, 3.8) is 0 Å². The zero-order valence-corrected chi connectivity index (χ0v) is 22.2. The predicted molar refractivity (Wildman–Crippen MR) is 146 cm³/mol. The summed E-state index contributed by atoms with van der Waals surface area (Å²) in [5.41, 5.74) is 1.80. The van der Waals surface area contributed by atoms with Crippen LogP contribution in [-0.2, 0) is 24.4 Å². The molecule has 0 amide bonds.